The van der Waals surface area contributed by atoms with Crippen LogP contribution in [0.15, 0.2) is 18.2 Å². The Morgan fingerprint density at radius 1 is 1.33 bits per heavy atom. The molecule has 0 spiro atoms. The number of hydrogen-bond donors (Lipinski definition) is 1. The van der Waals surface area contributed by atoms with Crippen molar-refractivity contribution in [2.45, 2.75) is 19.4 Å². The van der Waals surface area contributed by atoms with Crippen LogP contribution in [0.4, 0.5) is 0 Å². The first-order chi connectivity index (χ1) is 7.04. The SMILES string of the molecule is CC(C)(N)COc1ccc2c(c1)OCO2. The first kappa shape index (κ1) is 10.1. The summed E-state index contributed by atoms with van der Waals surface area (Å²) in [7, 11) is 0. The minimum Gasteiger partial charge on any atom is -0.492 e. The minimum absolute atomic E-state index is 0.279. The topological polar surface area (TPSA) is 53.7 Å². The molecule has 1 aliphatic rings. The van der Waals surface area contributed by atoms with Gasteiger partial charge in [-0.05, 0) is 26.0 Å². The molecule has 0 unspecified atom stereocenters. The molecule has 1 aromatic rings. The van der Waals surface area contributed by atoms with E-state index in [2.05, 4.69) is 0 Å². The van der Waals surface area contributed by atoms with Gasteiger partial charge >= 0.3 is 0 Å². The highest BCUT2D eigenvalue weighted by atomic mass is 16.7. The third-order valence-electron chi connectivity index (χ3n) is 1.95. The molecule has 1 aromatic carbocycles. The molecular formula is C11H15NO3. The van der Waals surface area contributed by atoms with Crippen LogP contribution in [0.1, 0.15) is 13.8 Å². The van der Waals surface area contributed by atoms with Gasteiger partial charge in [-0.1, -0.05) is 0 Å². The van der Waals surface area contributed by atoms with E-state index in [1.165, 1.54) is 0 Å². The van der Waals surface area contributed by atoms with E-state index >= 15 is 0 Å². The number of rotatable bonds is 3. The highest BCUT2D eigenvalue weighted by molar-refractivity contribution is 5.46. The largest absolute Gasteiger partial charge is 0.492 e. The molecule has 4 heteroatoms. The van der Waals surface area contributed by atoms with Gasteiger partial charge in [0.05, 0.1) is 0 Å². The Balaban J connectivity index is 2.04. The van der Waals surface area contributed by atoms with Crippen LogP contribution >= 0.6 is 0 Å². The van der Waals surface area contributed by atoms with Gasteiger partial charge < -0.3 is 19.9 Å². The molecule has 0 saturated carbocycles. The van der Waals surface area contributed by atoms with Crippen LogP contribution in [0.3, 0.4) is 0 Å². The first-order valence-corrected chi connectivity index (χ1v) is 4.86. The molecule has 15 heavy (non-hydrogen) atoms. The normalized spacial score (nSPS) is 14.1. The monoisotopic (exact) mass is 209 g/mol. The van der Waals surface area contributed by atoms with Crippen molar-refractivity contribution in [3.63, 3.8) is 0 Å². The van der Waals surface area contributed by atoms with Crippen molar-refractivity contribution in [1.29, 1.82) is 0 Å². The van der Waals surface area contributed by atoms with Gasteiger partial charge in [0.15, 0.2) is 11.5 Å². The zero-order chi connectivity index (χ0) is 10.9. The van der Waals surface area contributed by atoms with Gasteiger partial charge in [0, 0.05) is 11.6 Å². The fourth-order valence-corrected chi connectivity index (χ4v) is 1.24. The second-order valence-corrected chi connectivity index (χ2v) is 4.29. The summed E-state index contributed by atoms with van der Waals surface area (Å²) in [6, 6.07) is 5.49. The summed E-state index contributed by atoms with van der Waals surface area (Å²) < 4.78 is 16.0. The lowest BCUT2D eigenvalue weighted by molar-refractivity contribution is 0.173. The molecule has 0 radical (unpaired) electrons. The van der Waals surface area contributed by atoms with Crippen molar-refractivity contribution < 1.29 is 14.2 Å². The maximum absolute atomic E-state index is 5.82. The maximum Gasteiger partial charge on any atom is 0.231 e. The molecule has 2 N–H and O–H groups in total. The summed E-state index contributed by atoms with van der Waals surface area (Å²) in [6.45, 7) is 4.58. The molecule has 0 bridgehead atoms. The molecule has 4 nitrogen and oxygen atoms in total. The molecule has 0 atom stereocenters. The van der Waals surface area contributed by atoms with Crippen LogP contribution in [0.25, 0.3) is 0 Å². The lowest BCUT2D eigenvalue weighted by Gasteiger charge is -2.18. The average molecular weight is 209 g/mol. The van der Waals surface area contributed by atoms with Crippen LogP contribution in [0.2, 0.25) is 0 Å². The lowest BCUT2D eigenvalue weighted by Crippen LogP contribution is -2.38. The number of ether oxygens (including phenoxy) is 3. The predicted octanol–water partition coefficient (Wildman–Crippen LogP) is 1.53. The molecule has 0 aromatic heterocycles. The van der Waals surface area contributed by atoms with Gasteiger partial charge in [0.2, 0.25) is 6.79 Å². The van der Waals surface area contributed by atoms with E-state index in [-0.39, 0.29) is 12.3 Å². The van der Waals surface area contributed by atoms with Crippen molar-refractivity contribution in [1.82, 2.24) is 0 Å². The Morgan fingerprint density at radius 2 is 2.07 bits per heavy atom. The molecule has 0 aliphatic carbocycles. The summed E-state index contributed by atoms with van der Waals surface area (Å²) in [6.07, 6.45) is 0. The van der Waals surface area contributed by atoms with Crippen LogP contribution in [-0.4, -0.2) is 18.9 Å². The van der Waals surface area contributed by atoms with Gasteiger partial charge in [0.25, 0.3) is 0 Å². The van der Waals surface area contributed by atoms with Gasteiger partial charge in [-0.15, -0.1) is 0 Å². The van der Waals surface area contributed by atoms with E-state index in [1.807, 2.05) is 32.0 Å². The zero-order valence-electron chi connectivity index (χ0n) is 8.95. The Morgan fingerprint density at radius 3 is 2.80 bits per heavy atom. The highest BCUT2D eigenvalue weighted by Gasteiger charge is 2.15. The molecule has 0 fully saturated rings. The van der Waals surface area contributed by atoms with Gasteiger partial charge in [-0.25, -0.2) is 0 Å². The first-order valence-electron chi connectivity index (χ1n) is 4.86. The predicted molar refractivity (Wildman–Crippen MR) is 56.3 cm³/mol. The Hall–Kier alpha value is -1.42. The van der Waals surface area contributed by atoms with Gasteiger partial charge in [-0.2, -0.15) is 0 Å². The van der Waals surface area contributed by atoms with Crippen molar-refractivity contribution in [3.05, 3.63) is 18.2 Å². The third kappa shape index (κ3) is 2.53. The fraction of sp³-hybridized carbons (Fsp3) is 0.455. The summed E-state index contributed by atoms with van der Waals surface area (Å²) in [4.78, 5) is 0. The second-order valence-electron chi connectivity index (χ2n) is 4.29. The quantitative estimate of drug-likeness (QED) is 0.820. The number of benzene rings is 1. The second kappa shape index (κ2) is 3.62. The van der Waals surface area contributed by atoms with Crippen LogP contribution in [0.5, 0.6) is 17.2 Å². The zero-order valence-corrected chi connectivity index (χ0v) is 8.95. The third-order valence-corrected chi connectivity index (χ3v) is 1.95. The lowest BCUT2D eigenvalue weighted by atomic mass is 10.1. The highest BCUT2D eigenvalue weighted by Crippen LogP contribution is 2.35. The molecule has 1 heterocycles. The molecule has 2 rings (SSSR count). The van der Waals surface area contributed by atoms with Crippen LogP contribution < -0.4 is 19.9 Å². The van der Waals surface area contributed by atoms with Gasteiger partial charge in [0.1, 0.15) is 12.4 Å². The van der Waals surface area contributed by atoms with Crippen molar-refractivity contribution in [2.24, 2.45) is 5.73 Å². The minimum atomic E-state index is -0.337. The molecule has 82 valence electrons. The molecule has 1 aliphatic heterocycles. The Bertz CT molecular complexity index is 357. The van der Waals surface area contributed by atoms with E-state index in [1.54, 1.807) is 0 Å². The molecular weight excluding hydrogens is 194 g/mol. The van der Waals surface area contributed by atoms with E-state index in [0.717, 1.165) is 17.2 Å². The number of hydrogen-bond acceptors (Lipinski definition) is 4. The van der Waals surface area contributed by atoms with E-state index in [9.17, 15) is 0 Å². The summed E-state index contributed by atoms with van der Waals surface area (Å²) in [5.74, 6) is 2.23. The Labute approximate surface area is 88.9 Å². The summed E-state index contributed by atoms with van der Waals surface area (Å²) in [5, 5.41) is 0. The van der Waals surface area contributed by atoms with E-state index in [0.29, 0.717) is 6.61 Å². The number of fused-ring (bicyclic) bond motifs is 1. The smallest absolute Gasteiger partial charge is 0.231 e. The number of nitrogens with two attached hydrogens (primary N) is 1. The summed E-state index contributed by atoms with van der Waals surface area (Å²) in [5.41, 5.74) is 5.48. The molecule has 0 amide bonds. The van der Waals surface area contributed by atoms with Crippen LogP contribution in [-0.2, 0) is 0 Å². The van der Waals surface area contributed by atoms with Crippen LogP contribution in [0, 0.1) is 0 Å². The van der Waals surface area contributed by atoms with Crippen molar-refractivity contribution in [3.8, 4) is 17.2 Å². The van der Waals surface area contributed by atoms with Gasteiger partial charge in [-0.3, -0.25) is 0 Å². The van der Waals surface area contributed by atoms with E-state index < -0.39 is 0 Å². The van der Waals surface area contributed by atoms with Crippen molar-refractivity contribution in [2.75, 3.05) is 13.4 Å². The standard InChI is InChI=1S/C11H15NO3/c1-11(2,12)6-13-8-3-4-9-10(5-8)15-7-14-9/h3-5H,6-7,12H2,1-2H3. The maximum atomic E-state index is 5.82. The van der Waals surface area contributed by atoms with Crippen molar-refractivity contribution >= 4 is 0 Å². The summed E-state index contributed by atoms with van der Waals surface area (Å²) >= 11 is 0. The Kier molecular flexibility index (Phi) is 2.44. The average Bonchev–Trinajstić information content (AvgIpc) is 2.60. The molecule has 0 saturated heterocycles. The van der Waals surface area contributed by atoms with E-state index in [4.69, 9.17) is 19.9 Å². The fourth-order valence-electron chi connectivity index (χ4n) is 1.24.